The van der Waals surface area contributed by atoms with E-state index in [0.717, 1.165) is 12.1 Å². The zero-order valence-corrected chi connectivity index (χ0v) is 9.01. The summed E-state index contributed by atoms with van der Waals surface area (Å²) in [4.78, 5) is 0. The average molecular weight is 234 g/mol. The second-order valence-corrected chi connectivity index (χ2v) is 3.38. The van der Waals surface area contributed by atoms with Crippen LogP contribution < -0.4 is 4.74 Å². The predicted molar refractivity (Wildman–Crippen MR) is 53.2 cm³/mol. The van der Waals surface area contributed by atoms with Gasteiger partial charge in [-0.1, -0.05) is 6.92 Å². The number of hydrogen-bond acceptors (Lipinski definition) is 2. The molecule has 1 rings (SSSR count). The molecule has 0 amide bonds. The van der Waals surface area contributed by atoms with E-state index in [1.165, 1.54) is 13.2 Å². The van der Waals surface area contributed by atoms with Crippen LogP contribution in [0.2, 0.25) is 0 Å². The van der Waals surface area contributed by atoms with Gasteiger partial charge in [0.25, 0.3) is 0 Å². The van der Waals surface area contributed by atoms with Gasteiger partial charge in [-0.05, 0) is 24.6 Å². The zero-order chi connectivity index (χ0) is 12.3. The lowest BCUT2D eigenvalue weighted by Gasteiger charge is -2.15. The van der Waals surface area contributed by atoms with Crippen LogP contribution in [-0.2, 0) is 6.18 Å². The molecule has 0 saturated carbocycles. The van der Waals surface area contributed by atoms with E-state index in [0.29, 0.717) is 6.42 Å². The Bertz CT molecular complexity index is 361. The highest BCUT2D eigenvalue weighted by atomic mass is 19.4. The molecule has 0 heterocycles. The summed E-state index contributed by atoms with van der Waals surface area (Å²) in [7, 11) is 1.36. The van der Waals surface area contributed by atoms with Crippen LogP contribution in [0.15, 0.2) is 18.2 Å². The Balaban J connectivity index is 3.21. The summed E-state index contributed by atoms with van der Waals surface area (Å²) in [5.41, 5.74) is -0.615. The summed E-state index contributed by atoms with van der Waals surface area (Å²) >= 11 is 0. The monoisotopic (exact) mass is 234 g/mol. The normalized spacial score (nSPS) is 13.6. The van der Waals surface area contributed by atoms with Gasteiger partial charge in [0.1, 0.15) is 5.75 Å². The van der Waals surface area contributed by atoms with Gasteiger partial charge in [-0.2, -0.15) is 13.2 Å². The van der Waals surface area contributed by atoms with E-state index in [-0.39, 0.29) is 11.3 Å². The van der Waals surface area contributed by atoms with Gasteiger partial charge < -0.3 is 9.84 Å². The van der Waals surface area contributed by atoms with E-state index < -0.39 is 17.8 Å². The number of alkyl halides is 3. The molecule has 1 N–H and O–H groups in total. The van der Waals surface area contributed by atoms with Crippen LogP contribution in [0, 0.1) is 0 Å². The topological polar surface area (TPSA) is 29.5 Å². The molecule has 0 aliphatic rings. The SMILES string of the molecule is CCC(O)c1cc(C(F)(F)F)ccc1OC. The maximum atomic E-state index is 12.4. The van der Waals surface area contributed by atoms with Gasteiger partial charge in [0.05, 0.1) is 18.8 Å². The highest BCUT2D eigenvalue weighted by molar-refractivity contribution is 5.39. The number of methoxy groups -OCH3 is 1. The van der Waals surface area contributed by atoms with Crippen LogP contribution in [0.25, 0.3) is 0 Å². The van der Waals surface area contributed by atoms with Crippen molar-refractivity contribution in [3.8, 4) is 5.75 Å². The minimum Gasteiger partial charge on any atom is -0.496 e. The van der Waals surface area contributed by atoms with Crippen molar-refractivity contribution in [1.82, 2.24) is 0 Å². The summed E-state index contributed by atoms with van der Waals surface area (Å²) in [6, 6.07) is 3.08. The van der Waals surface area contributed by atoms with Crippen molar-refractivity contribution < 1.29 is 23.0 Å². The predicted octanol–water partition coefficient (Wildman–Crippen LogP) is 3.16. The summed E-state index contributed by atoms with van der Waals surface area (Å²) in [6.07, 6.45) is -5.02. The van der Waals surface area contributed by atoms with Crippen molar-refractivity contribution in [3.63, 3.8) is 0 Å². The zero-order valence-electron chi connectivity index (χ0n) is 9.01. The highest BCUT2D eigenvalue weighted by Gasteiger charge is 2.31. The third kappa shape index (κ3) is 2.66. The first-order valence-electron chi connectivity index (χ1n) is 4.83. The van der Waals surface area contributed by atoms with Gasteiger partial charge in [-0.3, -0.25) is 0 Å². The van der Waals surface area contributed by atoms with Gasteiger partial charge in [-0.25, -0.2) is 0 Å². The average Bonchev–Trinajstić information content (AvgIpc) is 2.25. The van der Waals surface area contributed by atoms with Crippen LogP contribution >= 0.6 is 0 Å². The van der Waals surface area contributed by atoms with Crippen molar-refractivity contribution in [2.45, 2.75) is 25.6 Å². The largest absolute Gasteiger partial charge is 0.496 e. The molecule has 1 atom stereocenters. The minimum absolute atomic E-state index is 0.167. The van der Waals surface area contributed by atoms with Crippen molar-refractivity contribution in [2.75, 3.05) is 7.11 Å². The fourth-order valence-electron chi connectivity index (χ4n) is 1.39. The number of benzene rings is 1. The number of halogens is 3. The van der Waals surface area contributed by atoms with E-state index >= 15 is 0 Å². The van der Waals surface area contributed by atoms with Crippen molar-refractivity contribution in [1.29, 1.82) is 0 Å². The Labute approximate surface area is 91.7 Å². The maximum Gasteiger partial charge on any atom is 0.416 e. The molecule has 5 heteroatoms. The smallest absolute Gasteiger partial charge is 0.416 e. The van der Waals surface area contributed by atoms with Gasteiger partial charge in [0.2, 0.25) is 0 Å². The van der Waals surface area contributed by atoms with E-state index in [1.54, 1.807) is 6.92 Å². The number of hydrogen-bond donors (Lipinski definition) is 1. The Morgan fingerprint density at radius 1 is 1.38 bits per heavy atom. The molecule has 0 spiro atoms. The summed E-state index contributed by atoms with van der Waals surface area (Å²) in [6.45, 7) is 1.68. The Morgan fingerprint density at radius 3 is 2.44 bits per heavy atom. The first-order chi connectivity index (χ1) is 7.40. The number of rotatable bonds is 3. The lowest BCUT2D eigenvalue weighted by Crippen LogP contribution is -2.08. The second kappa shape index (κ2) is 4.74. The van der Waals surface area contributed by atoms with E-state index in [2.05, 4.69) is 0 Å². The summed E-state index contributed by atoms with van der Waals surface area (Å²) in [5, 5.41) is 9.58. The summed E-state index contributed by atoms with van der Waals surface area (Å²) < 4.78 is 42.3. The summed E-state index contributed by atoms with van der Waals surface area (Å²) in [5.74, 6) is 0.266. The third-order valence-corrected chi connectivity index (χ3v) is 2.30. The molecule has 0 fully saturated rings. The van der Waals surface area contributed by atoms with Crippen molar-refractivity contribution >= 4 is 0 Å². The molecular weight excluding hydrogens is 221 g/mol. The second-order valence-electron chi connectivity index (χ2n) is 3.38. The number of aliphatic hydroxyl groups is 1. The molecule has 90 valence electrons. The standard InChI is InChI=1S/C11H13F3O2/c1-3-9(15)8-6-7(11(12,13)14)4-5-10(8)16-2/h4-6,9,15H,3H2,1-2H3. The number of ether oxygens (including phenoxy) is 1. The van der Waals surface area contributed by atoms with Crippen LogP contribution in [0.5, 0.6) is 5.75 Å². The van der Waals surface area contributed by atoms with Crippen molar-refractivity contribution in [2.24, 2.45) is 0 Å². The lowest BCUT2D eigenvalue weighted by atomic mass is 10.0. The molecule has 1 aromatic rings. The Kier molecular flexibility index (Phi) is 3.80. The molecule has 0 aromatic heterocycles. The molecule has 0 aliphatic carbocycles. The molecule has 2 nitrogen and oxygen atoms in total. The van der Waals surface area contributed by atoms with Gasteiger partial charge in [0, 0.05) is 5.56 Å². The maximum absolute atomic E-state index is 12.4. The van der Waals surface area contributed by atoms with Crippen LogP contribution in [0.3, 0.4) is 0 Å². The number of aliphatic hydroxyl groups excluding tert-OH is 1. The van der Waals surface area contributed by atoms with Gasteiger partial charge >= 0.3 is 6.18 Å². The van der Waals surface area contributed by atoms with Crippen LogP contribution in [0.1, 0.15) is 30.6 Å². The molecule has 1 aromatic carbocycles. The fraction of sp³-hybridized carbons (Fsp3) is 0.455. The molecule has 0 bridgehead atoms. The molecule has 1 unspecified atom stereocenters. The molecular formula is C11H13F3O2. The van der Waals surface area contributed by atoms with Crippen LogP contribution in [-0.4, -0.2) is 12.2 Å². The van der Waals surface area contributed by atoms with E-state index in [9.17, 15) is 18.3 Å². The first kappa shape index (κ1) is 12.8. The third-order valence-electron chi connectivity index (χ3n) is 2.30. The highest BCUT2D eigenvalue weighted by Crippen LogP contribution is 2.35. The first-order valence-corrected chi connectivity index (χ1v) is 4.83. The lowest BCUT2D eigenvalue weighted by molar-refractivity contribution is -0.137. The minimum atomic E-state index is -4.41. The van der Waals surface area contributed by atoms with Crippen LogP contribution in [0.4, 0.5) is 13.2 Å². The Hall–Kier alpha value is -1.23. The van der Waals surface area contributed by atoms with E-state index in [1.807, 2.05) is 0 Å². The molecule has 16 heavy (non-hydrogen) atoms. The quantitative estimate of drug-likeness (QED) is 0.870. The van der Waals surface area contributed by atoms with E-state index in [4.69, 9.17) is 4.74 Å². The van der Waals surface area contributed by atoms with Gasteiger partial charge in [0.15, 0.2) is 0 Å². The van der Waals surface area contributed by atoms with Gasteiger partial charge in [-0.15, -0.1) is 0 Å². The van der Waals surface area contributed by atoms with Crippen molar-refractivity contribution in [3.05, 3.63) is 29.3 Å². The fourth-order valence-corrected chi connectivity index (χ4v) is 1.39. The Morgan fingerprint density at radius 2 is 2.00 bits per heavy atom. The molecule has 0 saturated heterocycles. The molecule has 0 radical (unpaired) electrons. The molecule has 0 aliphatic heterocycles.